The van der Waals surface area contributed by atoms with Crippen molar-refractivity contribution in [3.63, 3.8) is 0 Å². The van der Waals surface area contributed by atoms with Crippen molar-refractivity contribution in [2.24, 2.45) is 0 Å². The Kier molecular flexibility index (Phi) is 7.84. The second-order valence-corrected chi connectivity index (χ2v) is 7.41. The van der Waals surface area contributed by atoms with Crippen LogP contribution in [0.25, 0.3) is 5.76 Å². The highest BCUT2D eigenvalue weighted by Crippen LogP contribution is 2.39. The molecule has 174 valence electrons. The molecule has 0 aromatic heterocycles. The van der Waals surface area contributed by atoms with Crippen molar-refractivity contribution < 1.29 is 33.7 Å². The maximum absolute atomic E-state index is 13.0. The standard InChI is InChI=1S/C25H27NO7/c1-4-33-19-8-5-7-18(15-19)22(27)20-21(16-9-11-17(12-10-16)25(30)32-3)26(13-6-14-31-2)24(29)23(20)28/h5,7-12,15,21,27H,4,6,13-14H2,1-3H3. The minimum Gasteiger partial charge on any atom is -0.507 e. The first-order chi connectivity index (χ1) is 15.9. The van der Waals surface area contributed by atoms with Crippen molar-refractivity contribution in [3.8, 4) is 5.75 Å². The average Bonchev–Trinajstić information content (AvgIpc) is 3.08. The van der Waals surface area contributed by atoms with Gasteiger partial charge in [0.1, 0.15) is 11.5 Å². The zero-order valence-electron chi connectivity index (χ0n) is 18.9. The number of hydrogen-bond acceptors (Lipinski definition) is 7. The van der Waals surface area contributed by atoms with Gasteiger partial charge in [-0.15, -0.1) is 0 Å². The Hall–Kier alpha value is -3.65. The van der Waals surface area contributed by atoms with E-state index >= 15 is 0 Å². The molecule has 1 fully saturated rings. The minimum atomic E-state index is -0.815. The molecule has 0 aliphatic carbocycles. The number of benzene rings is 2. The van der Waals surface area contributed by atoms with Crippen molar-refractivity contribution in [2.45, 2.75) is 19.4 Å². The molecule has 1 N–H and O–H groups in total. The molecule has 1 aliphatic rings. The van der Waals surface area contributed by atoms with E-state index in [0.29, 0.717) is 42.1 Å². The molecular formula is C25H27NO7. The SMILES string of the molecule is CCOc1cccc(C(O)=C2C(=O)C(=O)N(CCCOC)C2c2ccc(C(=O)OC)cc2)c1. The van der Waals surface area contributed by atoms with E-state index in [0.717, 1.165) is 0 Å². The van der Waals surface area contributed by atoms with Crippen LogP contribution in [-0.4, -0.2) is 61.6 Å². The van der Waals surface area contributed by atoms with E-state index in [1.54, 1.807) is 55.6 Å². The van der Waals surface area contributed by atoms with E-state index in [4.69, 9.17) is 14.2 Å². The maximum atomic E-state index is 13.0. The van der Waals surface area contributed by atoms with Gasteiger partial charge in [-0.25, -0.2) is 4.79 Å². The molecule has 1 saturated heterocycles. The fourth-order valence-electron chi connectivity index (χ4n) is 3.81. The number of nitrogens with zero attached hydrogens (tertiary/aromatic N) is 1. The quantitative estimate of drug-likeness (QED) is 0.204. The summed E-state index contributed by atoms with van der Waals surface area (Å²) in [6.07, 6.45) is 0.514. The summed E-state index contributed by atoms with van der Waals surface area (Å²) < 4.78 is 15.3. The van der Waals surface area contributed by atoms with Crippen molar-refractivity contribution >= 4 is 23.4 Å². The molecule has 1 atom stereocenters. The lowest BCUT2D eigenvalue weighted by atomic mass is 9.94. The lowest BCUT2D eigenvalue weighted by molar-refractivity contribution is -0.140. The van der Waals surface area contributed by atoms with E-state index in [1.165, 1.54) is 12.0 Å². The van der Waals surface area contributed by atoms with Crippen LogP contribution >= 0.6 is 0 Å². The Labute approximate surface area is 192 Å². The Morgan fingerprint density at radius 1 is 1.06 bits per heavy atom. The van der Waals surface area contributed by atoms with E-state index in [2.05, 4.69) is 0 Å². The third kappa shape index (κ3) is 5.06. The van der Waals surface area contributed by atoms with Crippen LogP contribution in [0, 0.1) is 0 Å². The highest BCUT2D eigenvalue weighted by molar-refractivity contribution is 6.46. The van der Waals surface area contributed by atoms with Crippen LogP contribution in [0.5, 0.6) is 5.75 Å². The number of carbonyl (C=O) groups is 3. The van der Waals surface area contributed by atoms with Gasteiger partial charge in [0.2, 0.25) is 0 Å². The normalized spacial score (nSPS) is 17.3. The highest BCUT2D eigenvalue weighted by Gasteiger charge is 2.45. The number of hydrogen-bond donors (Lipinski definition) is 1. The number of Topliss-reactive ketones (excluding diaryl/α,β-unsaturated/α-hetero) is 1. The van der Waals surface area contributed by atoms with Crippen LogP contribution < -0.4 is 4.74 Å². The summed E-state index contributed by atoms with van der Waals surface area (Å²) in [6.45, 7) is 2.96. The summed E-state index contributed by atoms with van der Waals surface area (Å²) in [5.41, 5.74) is 1.27. The molecule has 8 heteroatoms. The van der Waals surface area contributed by atoms with Crippen molar-refractivity contribution in [1.82, 2.24) is 4.90 Å². The first-order valence-corrected chi connectivity index (χ1v) is 10.6. The third-order valence-electron chi connectivity index (χ3n) is 5.35. The summed E-state index contributed by atoms with van der Waals surface area (Å²) in [4.78, 5) is 39.2. The molecule has 1 amide bonds. The molecule has 2 aromatic carbocycles. The molecule has 2 aromatic rings. The first kappa shape index (κ1) is 24.0. The van der Waals surface area contributed by atoms with Gasteiger partial charge in [-0.05, 0) is 43.2 Å². The number of methoxy groups -OCH3 is 2. The number of aliphatic hydroxyl groups excluding tert-OH is 1. The van der Waals surface area contributed by atoms with Crippen LogP contribution in [0.3, 0.4) is 0 Å². The summed E-state index contributed by atoms with van der Waals surface area (Å²) >= 11 is 0. The van der Waals surface area contributed by atoms with Gasteiger partial charge in [0, 0.05) is 25.8 Å². The Balaban J connectivity index is 2.10. The van der Waals surface area contributed by atoms with Crippen LogP contribution in [0.4, 0.5) is 0 Å². The number of likely N-dealkylation sites (tertiary alicyclic amines) is 1. The van der Waals surface area contributed by atoms with Gasteiger partial charge < -0.3 is 24.2 Å². The van der Waals surface area contributed by atoms with Gasteiger partial charge in [-0.2, -0.15) is 0 Å². The molecule has 1 unspecified atom stereocenters. The molecular weight excluding hydrogens is 426 g/mol. The molecule has 33 heavy (non-hydrogen) atoms. The molecule has 0 bridgehead atoms. The number of carbonyl (C=O) groups excluding carboxylic acids is 3. The van der Waals surface area contributed by atoms with Crippen molar-refractivity contribution in [2.75, 3.05) is 34.0 Å². The Morgan fingerprint density at radius 2 is 1.79 bits per heavy atom. The smallest absolute Gasteiger partial charge is 0.337 e. The van der Waals surface area contributed by atoms with E-state index in [-0.39, 0.29) is 17.9 Å². The molecule has 0 radical (unpaired) electrons. The second-order valence-electron chi connectivity index (χ2n) is 7.41. The van der Waals surface area contributed by atoms with Crippen molar-refractivity contribution in [1.29, 1.82) is 0 Å². The van der Waals surface area contributed by atoms with E-state index < -0.39 is 23.7 Å². The van der Waals surface area contributed by atoms with Crippen LogP contribution in [0.2, 0.25) is 0 Å². The van der Waals surface area contributed by atoms with Crippen molar-refractivity contribution in [3.05, 3.63) is 70.8 Å². The van der Waals surface area contributed by atoms with Gasteiger partial charge in [-0.3, -0.25) is 9.59 Å². The second kappa shape index (κ2) is 10.8. The van der Waals surface area contributed by atoms with Gasteiger partial charge in [0.15, 0.2) is 0 Å². The Bertz CT molecular complexity index is 1060. The largest absolute Gasteiger partial charge is 0.507 e. The van der Waals surface area contributed by atoms with Crippen LogP contribution in [-0.2, 0) is 19.1 Å². The van der Waals surface area contributed by atoms with Gasteiger partial charge in [0.25, 0.3) is 11.7 Å². The fraction of sp³-hybridized carbons (Fsp3) is 0.320. The zero-order valence-corrected chi connectivity index (χ0v) is 18.9. The number of amides is 1. The van der Waals surface area contributed by atoms with E-state index in [9.17, 15) is 19.5 Å². The molecule has 3 rings (SSSR count). The van der Waals surface area contributed by atoms with Gasteiger partial charge in [-0.1, -0.05) is 24.3 Å². The lowest BCUT2D eigenvalue weighted by Crippen LogP contribution is -2.31. The summed E-state index contributed by atoms with van der Waals surface area (Å²) in [5.74, 6) is -1.71. The summed E-state index contributed by atoms with van der Waals surface area (Å²) in [6, 6.07) is 12.3. The molecule has 8 nitrogen and oxygen atoms in total. The number of rotatable bonds is 9. The minimum absolute atomic E-state index is 0.0168. The molecule has 0 saturated carbocycles. The number of esters is 1. The van der Waals surface area contributed by atoms with Gasteiger partial charge in [0.05, 0.1) is 30.9 Å². The Morgan fingerprint density at radius 3 is 2.42 bits per heavy atom. The zero-order chi connectivity index (χ0) is 24.0. The topological polar surface area (TPSA) is 102 Å². The van der Waals surface area contributed by atoms with Crippen LogP contribution in [0.15, 0.2) is 54.1 Å². The van der Waals surface area contributed by atoms with Crippen LogP contribution in [0.1, 0.15) is 40.9 Å². The van der Waals surface area contributed by atoms with Gasteiger partial charge >= 0.3 is 5.97 Å². The molecule has 1 heterocycles. The maximum Gasteiger partial charge on any atom is 0.337 e. The summed E-state index contributed by atoms with van der Waals surface area (Å²) in [5, 5.41) is 11.1. The number of ether oxygens (including phenoxy) is 3. The average molecular weight is 453 g/mol. The highest BCUT2D eigenvalue weighted by atomic mass is 16.5. The predicted molar refractivity (Wildman–Crippen MR) is 121 cm³/mol. The number of ketones is 1. The fourth-order valence-corrected chi connectivity index (χ4v) is 3.81. The lowest BCUT2D eigenvalue weighted by Gasteiger charge is -2.25. The molecule has 0 spiro atoms. The third-order valence-corrected chi connectivity index (χ3v) is 5.35. The first-order valence-electron chi connectivity index (χ1n) is 10.6. The number of aliphatic hydroxyl groups is 1. The summed E-state index contributed by atoms with van der Waals surface area (Å²) in [7, 11) is 2.85. The predicted octanol–water partition coefficient (Wildman–Crippen LogP) is 3.33. The monoisotopic (exact) mass is 453 g/mol. The van der Waals surface area contributed by atoms with E-state index in [1.807, 2.05) is 6.92 Å². The molecule has 1 aliphatic heterocycles.